The fourth-order valence-corrected chi connectivity index (χ4v) is 5.56. The van der Waals surface area contributed by atoms with Crippen molar-refractivity contribution < 1.29 is 38.0 Å². The van der Waals surface area contributed by atoms with Gasteiger partial charge in [0.1, 0.15) is 73.4 Å². The Labute approximate surface area is 274 Å². The number of methoxy groups -OCH3 is 3. The smallest absolute Gasteiger partial charge is 0.347 e. The van der Waals surface area contributed by atoms with Crippen molar-refractivity contribution in [1.82, 2.24) is 0 Å². The lowest BCUT2D eigenvalue weighted by Gasteiger charge is -2.29. The van der Waals surface area contributed by atoms with Gasteiger partial charge in [-0.1, -0.05) is 42.5 Å². The summed E-state index contributed by atoms with van der Waals surface area (Å²) in [4.78, 5) is 24.9. The predicted octanol–water partition coefficient (Wildman–Crippen LogP) is 7.54. The minimum Gasteiger partial charge on any atom is -0.508 e. The average Bonchev–Trinajstić information content (AvgIpc) is 3.06. The molecule has 1 aliphatic rings. The SMILES string of the molecule is COc1ccc(-c2c(OC)c3c(OC)c4c(cc3oc2=O)OC(C)(C)C=C4)cc1.O=c1cc(-c2ccccc2)oc2cc(O)cc(O)c12. The summed E-state index contributed by atoms with van der Waals surface area (Å²) in [5.41, 5.74) is 1.67. The van der Waals surface area contributed by atoms with E-state index >= 15 is 0 Å². The van der Waals surface area contributed by atoms with E-state index in [2.05, 4.69) is 0 Å². The third kappa shape index (κ3) is 5.91. The molecule has 0 unspecified atom stereocenters. The van der Waals surface area contributed by atoms with Crippen molar-refractivity contribution in [3.8, 4) is 56.9 Å². The summed E-state index contributed by atoms with van der Waals surface area (Å²) in [7, 11) is 4.68. The van der Waals surface area contributed by atoms with Gasteiger partial charge in [-0.15, -0.1) is 0 Å². The van der Waals surface area contributed by atoms with Crippen molar-refractivity contribution in [1.29, 1.82) is 0 Å². The van der Waals surface area contributed by atoms with Crippen LogP contribution in [0.1, 0.15) is 19.4 Å². The summed E-state index contributed by atoms with van der Waals surface area (Å²) in [6.45, 7) is 3.90. The third-order valence-corrected chi connectivity index (χ3v) is 7.77. The molecule has 6 aromatic rings. The molecule has 244 valence electrons. The van der Waals surface area contributed by atoms with Crippen LogP contribution in [0.2, 0.25) is 0 Å². The maximum absolute atomic E-state index is 12.9. The number of phenols is 2. The fraction of sp³-hybridized carbons (Fsp3) is 0.158. The highest BCUT2D eigenvalue weighted by atomic mass is 16.5. The highest BCUT2D eigenvalue weighted by Crippen LogP contribution is 2.47. The number of rotatable bonds is 5. The van der Waals surface area contributed by atoms with Crippen LogP contribution in [0, 0.1) is 0 Å². The molecule has 2 N–H and O–H groups in total. The zero-order valence-electron chi connectivity index (χ0n) is 26.8. The van der Waals surface area contributed by atoms with Crippen molar-refractivity contribution >= 4 is 28.0 Å². The normalized spacial score (nSPS) is 12.9. The predicted molar refractivity (Wildman–Crippen MR) is 183 cm³/mol. The molecule has 7 rings (SSSR count). The molecule has 4 aromatic carbocycles. The van der Waals surface area contributed by atoms with E-state index in [-0.39, 0.29) is 27.9 Å². The number of phenolic OH excluding ortho intramolecular Hbond substituents is 2. The van der Waals surface area contributed by atoms with E-state index in [0.717, 1.165) is 17.2 Å². The van der Waals surface area contributed by atoms with Gasteiger partial charge in [0.05, 0.1) is 26.9 Å². The lowest BCUT2D eigenvalue weighted by Crippen LogP contribution is -2.27. The molecule has 10 heteroatoms. The van der Waals surface area contributed by atoms with Crippen molar-refractivity contribution in [2.75, 3.05) is 21.3 Å². The second-order valence-electron chi connectivity index (χ2n) is 11.4. The van der Waals surface area contributed by atoms with E-state index in [9.17, 15) is 19.8 Å². The molecular formula is C38H32O10. The average molecular weight is 649 g/mol. The molecule has 3 heterocycles. The third-order valence-electron chi connectivity index (χ3n) is 7.77. The first-order chi connectivity index (χ1) is 23.0. The number of hydrogen-bond acceptors (Lipinski definition) is 10. The first kappa shape index (κ1) is 31.8. The van der Waals surface area contributed by atoms with Gasteiger partial charge in [0.2, 0.25) is 0 Å². The van der Waals surface area contributed by atoms with Gasteiger partial charge in [-0.3, -0.25) is 4.79 Å². The van der Waals surface area contributed by atoms with Gasteiger partial charge in [0.25, 0.3) is 0 Å². The van der Waals surface area contributed by atoms with Crippen LogP contribution in [-0.2, 0) is 0 Å². The number of aromatic hydroxyl groups is 2. The van der Waals surface area contributed by atoms with E-state index in [1.807, 2.05) is 56.3 Å². The molecular weight excluding hydrogens is 616 g/mol. The molecule has 10 nitrogen and oxygen atoms in total. The highest BCUT2D eigenvalue weighted by Gasteiger charge is 2.29. The Kier molecular flexibility index (Phi) is 8.32. The maximum Gasteiger partial charge on any atom is 0.347 e. The monoisotopic (exact) mass is 648 g/mol. The van der Waals surface area contributed by atoms with Crippen LogP contribution in [-0.4, -0.2) is 37.1 Å². The summed E-state index contributed by atoms with van der Waals surface area (Å²) in [6, 6.07) is 21.7. The van der Waals surface area contributed by atoms with E-state index < -0.39 is 11.2 Å². The summed E-state index contributed by atoms with van der Waals surface area (Å²) in [5.74, 6) is 2.14. The minimum absolute atomic E-state index is 0.0671. The van der Waals surface area contributed by atoms with E-state index in [0.29, 0.717) is 50.9 Å². The zero-order valence-corrected chi connectivity index (χ0v) is 26.8. The highest BCUT2D eigenvalue weighted by molar-refractivity contribution is 5.99. The molecule has 1 aliphatic heterocycles. The Balaban J connectivity index is 0.000000182. The minimum atomic E-state index is -0.507. The largest absolute Gasteiger partial charge is 0.508 e. The number of benzene rings is 4. The van der Waals surface area contributed by atoms with Crippen molar-refractivity contribution in [3.63, 3.8) is 0 Å². The van der Waals surface area contributed by atoms with Gasteiger partial charge in [0, 0.05) is 29.8 Å². The van der Waals surface area contributed by atoms with Gasteiger partial charge in [-0.2, -0.15) is 0 Å². The number of ether oxygens (including phenoxy) is 4. The molecule has 0 amide bonds. The van der Waals surface area contributed by atoms with Gasteiger partial charge < -0.3 is 38.0 Å². The van der Waals surface area contributed by atoms with Crippen LogP contribution in [0.3, 0.4) is 0 Å². The molecule has 0 atom stereocenters. The van der Waals surface area contributed by atoms with Crippen molar-refractivity contribution in [2.45, 2.75) is 19.4 Å². The fourth-order valence-electron chi connectivity index (χ4n) is 5.56. The second kappa shape index (κ2) is 12.6. The molecule has 48 heavy (non-hydrogen) atoms. The van der Waals surface area contributed by atoms with Crippen molar-refractivity contribution in [2.24, 2.45) is 0 Å². The van der Waals surface area contributed by atoms with Crippen LogP contribution in [0.15, 0.2) is 103 Å². The molecule has 0 spiro atoms. The first-order valence-corrected chi connectivity index (χ1v) is 14.9. The van der Waals surface area contributed by atoms with Crippen LogP contribution >= 0.6 is 0 Å². The number of fused-ring (bicyclic) bond motifs is 3. The van der Waals surface area contributed by atoms with E-state index in [1.165, 1.54) is 19.2 Å². The first-order valence-electron chi connectivity index (χ1n) is 14.9. The topological polar surface area (TPSA) is 138 Å². The Morgan fingerprint density at radius 2 is 1.40 bits per heavy atom. The molecule has 0 fully saturated rings. The van der Waals surface area contributed by atoms with E-state index in [1.54, 1.807) is 44.6 Å². The molecule has 0 radical (unpaired) electrons. The maximum atomic E-state index is 12.9. The molecule has 0 saturated carbocycles. The zero-order chi connectivity index (χ0) is 34.2. The lowest BCUT2D eigenvalue weighted by molar-refractivity contribution is 0.158. The van der Waals surface area contributed by atoms with E-state index in [4.69, 9.17) is 27.8 Å². The quantitative estimate of drug-likeness (QED) is 0.180. The summed E-state index contributed by atoms with van der Waals surface area (Å²) >= 11 is 0. The summed E-state index contributed by atoms with van der Waals surface area (Å²) in [6.07, 6.45) is 3.91. The van der Waals surface area contributed by atoms with Gasteiger partial charge in [-0.25, -0.2) is 4.79 Å². The van der Waals surface area contributed by atoms with Crippen LogP contribution in [0.25, 0.3) is 50.5 Å². The van der Waals surface area contributed by atoms with Gasteiger partial charge in [0.15, 0.2) is 5.43 Å². The standard InChI is InChI=1S/C23H22O6.C15H10O4/c1-23(2)11-10-15-16(29-23)12-17-19(20(15)26-4)21(27-5)18(22(24)28-17)13-6-8-14(25-3)9-7-13;16-10-6-11(17)15-12(18)8-13(19-14(15)7-10)9-4-2-1-3-5-9/h6-12H,1-5H3;1-8,16-17H. The summed E-state index contributed by atoms with van der Waals surface area (Å²) in [5, 5.41) is 19.8. The number of hydrogen-bond donors (Lipinski definition) is 2. The molecule has 0 saturated heterocycles. The molecule has 0 bridgehead atoms. The molecule has 2 aromatic heterocycles. The molecule has 0 aliphatic carbocycles. The van der Waals surface area contributed by atoms with Crippen molar-refractivity contribution in [3.05, 3.63) is 111 Å². The summed E-state index contributed by atoms with van der Waals surface area (Å²) < 4.78 is 33.9. The Morgan fingerprint density at radius 3 is 2.06 bits per heavy atom. The van der Waals surface area contributed by atoms with Crippen LogP contribution < -0.4 is 30.0 Å². The Morgan fingerprint density at radius 1 is 0.708 bits per heavy atom. The Bertz CT molecular complexity index is 2300. The second-order valence-corrected chi connectivity index (χ2v) is 11.4. The Hall–Kier alpha value is -6.16. The van der Waals surface area contributed by atoms with Crippen LogP contribution in [0.5, 0.6) is 34.5 Å². The van der Waals surface area contributed by atoms with Gasteiger partial charge in [-0.05, 0) is 43.7 Å². The van der Waals surface area contributed by atoms with Gasteiger partial charge >= 0.3 is 5.63 Å². The lowest BCUT2D eigenvalue weighted by atomic mass is 9.98. The van der Waals surface area contributed by atoms with Crippen LogP contribution in [0.4, 0.5) is 0 Å².